The van der Waals surface area contributed by atoms with Crippen LogP contribution < -0.4 is 15.2 Å². The Hall–Kier alpha value is -1.89. The molecule has 0 bridgehead atoms. The number of halogens is 1. The fourth-order valence-electron chi connectivity index (χ4n) is 1.99. The SMILES string of the molecule is Cn1nc(-c2c(O)c(Br)cc3c2OCCO3)cc1N. The van der Waals surface area contributed by atoms with Crippen molar-refractivity contribution in [3.05, 3.63) is 16.6 Å². The van der Waals surface area contributed by atoms with E-state index in [9.17, 15) is 5.11 Å². The van der Waals surface area contributed by atoms with Crippen molar-refractivity contribution in [3.8, 4) is 28.5 Å². The molecular weight excluding hydrogens is 314 g/mol. The molecule has 0 unspecified atom stereocenters. The summed E-state index contributed by atoms with van der Waals surface area (Å²) in [6.45, 7) is 0.914. The van der Waals surface area contributed by atoms with E-state index in [1.54, 1.807) is 19.2 Å². The molecule has 7 heteroatoms. The molecule has 0 fully saturated rings. The first-order valence-electron chi connectivity index (χ1n) is 5.69. The van der Waals surface area contributed by atoms with Gasteiger partial charge in [0.05, 0.1) is 10.0 Å². The molecule has 1 aliphatic rings. The molecule has 3 rings (SSSR count). The highest BCUT2D eigenvalue weighted by molar-refractivity contribution is 9.10. The Morgan fingerprint density at radius 3 is 2.79 bits per heavy atom. The second-order valence-corrected chi connectivity index (χ2v) is 5.04. The van der Waals surface area contributed by atoms with Crippen LogP contribution in [-0.2, 0) is 7.05 Å². The van der Waals surface area contributed by atoms with Gasteiger partial charge in [0, 0.05) is 19.2 Å². The Bertz CT molecular complexity index is 635. The van der Waals surface area contributed by atoms with Gasteiger partial charge in [0.25, 0.3) is 0 Å². The number of aryl methyl sites for hydroxylation is 1. The van der Waals surface area contributed by atoms with Gasteiger partial charge in [0.2, 0.25) is 0 Å². The topological polar surface area (TPSA) is 82.5 Å². The average Bonchev–Trinajstić information content (AvgIpc) is 2.71. The summed E-state index contributed by atoms with van der Waals surface area (Å²) in [5, 5.41) is 14.5. The standard InChI is InChI=1S/C12H12BrN3O3/c1-16-9(14)5-7(15-16)10-11(17)6(13)4-8-12(10)19-3-2-18-8/h4-5,17H,2-3,14H2,1H3. The Labute approximate surface area is 117 Å². The van der Waals surface area contributed by atoms with Crippen molar-refractivity contribution >= 4 is 21.7 Å². The van der Waals surface area contributed by atoms with Crippen LogP contribution in [0.3, 0.4) is 0 Å². The number of rotatable bonds is 1. The molecule has 0 radical (unpaired) electrons. The van der Waals surface area contributed by atoms with Gasteiger partial charge in [-0.05, 0) is 15.9 Å². The minimum Gasteiger partial charge on any atom is -0.506 e. The van der Waals surface area contributed by atoms with E-state index in [4.69, 9.17) is 15.2 Å². The normalized spacial score (nSPS) is 13.6. The van der Waals surface area contributed by atoms with Gasteiger partial charge < -0.3 is 20.3 Å². The molecule has 19 heavy (non-hydrogen) atoms. The van der Waals surface area contributed by atoms with Gasteiger partial charge in [-0.25, -0.2) is 0 Å². The van der Waals surface area contributed by atoms with E-state index >= 15 is 0 Å². The second-order valence-electron chi connectivity index (χ2n) is 4.18. The van der Waals surface area contributed by atoms with E-state index < -0.39 is 0 Å². The lowest BCUT2D eigenvalue weighted by Crippen LogP contribution is -2.16. The number of nitrogens with two attached hydrogens (primary N) is 1. The predicted molar refractivity (Wildman–Crippen MR) is 73.4 cm³/mol. The highest BCUT2D eigenvalue weighted by atomic mass is 79.9. The minimum atomic E-state index is 0.0577. The Morgan fingerprint density at radius 2 is 2.11 bits per heavy atom. The smallest absolute Gasteiger partial charge is 0.174 e. The van der Waals surface area contributed by atoms with E-state index in [0.29, 0.717) is 46.3 Å². The monoisotopic (exact) mass is 325 g/mol. The van der Waals surface area contributed by atoms with E-state index in [2.05, 4.69) is 21.0 Å². The predicted octanol–water partition coefficient (Wildman–Crippen LogP) is 1.91. The summed E-state index contributed by atoms with van der Waals surface area (Å²) in [4.78, 5) is 0. The molecule has 1 aromatic carbocycles. The third-order valence-electron chi connectivity index (χ3n) is 2.93. The Kier molecular flexibility index (Phi) is 2.78. The van der Waals surface area contributed by atoms with Gasteiger partial charge in [0.1, 0.15) is 30.5 Å². The van der Waals surface area contributed by atoms with E-state index in [1.807, 2.05) is 0 Å². The fraction of sp³-hybridized carbons (Fsp3) is 0.250. The molecule has 1 aliphatic heterocycles. The van der Waals surface area contributed by atoms with Gasteiger partial charge >= 0.3 is 0 Å². The van der Waals surface area contributed by atoms with Crippen LogP contribution in [-0.4, -0.2) is 28.1 Å². The summed E-state index contributed by atoms with van der Waals surface area (Å²) >= 11 is 3.30. The molecule has 2 heterocycles. The summed E-state index contributed by atoms with van der Waals surface area (Å²) < 4.78 is 13.2. The van der Waals surface area contributed by atoms with Crippen LogP contribution in [0, 0.1) is 0 Å². The van der Waals surface area contributed by atoms with E-state index in [-0.39, 0.29) is 5.75 Å². The van der Waals surface area contributed by atoms with Crippen molar-refractivity contribution in [2.24, 2.45) is 7.05 Å². The highest BCUT2D eigenvalue weighted by Gasteiger charge is 2.25. The molecule has 0 atom stereocenters. The van der Waals surface area contributed by atoms with Crippen LogP contribution in [0.15, 0.2) is 16.6 Å². The molecule has 3 N–H and O–H groups in total. The van der Waals surface area contributed by atoms with Gasteiger partial charge in [-0.3, -0.25) is 4.68 Å². The number of nitrogens with zero attached hydrogens (tertiary/aromatic N) is 2. The molecule has 100 valence electrons. The lowest BCUT2D eigenvalue weighted by atomic mass is 10.1. The first-order chi connectivity index (χ1) is 9.08. The number of hydrogen-bond donors (Lipinski definition) is 2. The number of anilines is 1. The van der Waals surface area contributed by atoms with Gasteiger partial charge in [-0.1, -0.05) is 0 Å². The van der Waals surface area contributed by atoms with Gasteiger partial charge in [0.15, 0.2) is 11.5 Å². The molecule has 6 nitrogen and oxygen atoms in total. The molecule has 2 aromatic rings. The van der Waals surface area contributed by atoms with Crippen LogP contribution in [0.2, 0.25) is 0 Å². The average molecular weight is 326 g/mol. The zero-order chi connectivity index (χ0) is 13.6. The number of ether oxygens (including phenoxy) is 2. The number of hydrogen-bond acceptors (Lipinski definition) is 5. The van der Waals surface area contributed by atoms with Crippen LogP contribution in [0.25, 0.3) is 11.3 Å². The molecule has 0 spiro atoms. The van der Waals surface area contributed by atoms with Crippen molar-refractivity contribution in [2.45, 2.75) is 0 Å². The lowest BCUT2D eigenvalue weighted by Gasteiger charge is -2.21. The maximum absolute atomic E-state index is 10.2. The lowest BCUT2D eigenvalue weighted by molar-refractivity contribution is 0.171. The summed E-state index contributed by atoms with van der Waals surface area (Å²) in [6, 6.07) is 3.36. The number of aromatic hydroxyl groups is 1. The van der Waals surface area contributed by atoms with Gasteiger partial charge in [-0.15, -0.1) is 0 Å². The van der Waals surface area contributed by atoms with Crippen LogP contribution in [0.4, 0.5) is 5.82 Å². The third-order valence-corrected chi connectivity index (χ3v) is 3.54. The quantitative estimate of drug-likeness (QED) is 0.836. The summed E-state index contributed by atoms with van der Waals surface area (Å²) in [5.41, 5.74) is 6.80. The summed E-state index contributed by atoms with van der Waals surface area (Å²) in [7, 11) is 1.73. The van der Waals surface area contributed by atoms with Gasteiger partial charge in [-0.2, -0.15) is 5.10 Å². The van der Waals surface area contributed by atoms with E-state index in [1.165, 1.54) is 4.68 Å². The molecular formula is C12H12BrN3O3. The first-order valence-corrected chi connectivity index (χ1v) is 6.48. The Morgan fingerprint density at radius 1 is 1.37 bits per heavy atom. The number of fused-ring (bicyclic) bond motifs is 1. The largest absolute Gasteiger partial charge is 0.506 e. The zero-order valence-corrected chi connectivity index (χ0v) is 11.8. The summed E-state index contributed by atoms with van der Waals surface area (Å²) in [6.07, 6.45) is 0. The van der Waals surface area contributed by atoms with E-state index in [0.717, 1.165) is 0 Å². The number of nitrogen functional groups attached to an aromatic ring is 1. The molecule has 1 aromatic heterocycles. The fourth-order valence-corrected chi connectivity index (χ4v) is 2.39. The van der Waals surface area contributed by atoms with Crippen molar-refractivity contribution in [2.75, 3.05) is 18.9 Å². The maximum Gasteiger partial charge on any atom is 0.174 e. The molecule has 0 amide bonds. The summed E-state index contributed by atoms with van der Waals surface area (Å²) in [5.74, 6) is 1.63. The Balaban J connectivity index is 2.26. The van der Waals surface area contributed by atoms with Crippen LogP contribution in [0.5, 0.6) is 17.2 Å². The number of phenols is 1. The van der Waals surface area contributed by atoms with Crippen LogP contribution >= 0.6 is 15.9 Å². The zero-order valence-electron chi connectivity index (χ0n) is 10.2. The first kappa shape index (κ1) is 12.2. The second kappa shape index (κ2) is 4.34. The van der Waals surface area contributed by atoms with Crippen molar-refractivity contribution in [1.82, 2.24) is 9.78 Å². The number of aromatic nitrogens is 2. The molecule has 0 saturated heterocycles. The number of phenolic OH excluding ortho intramolecular Hbond substituents is 1. The maximum atomic E-state index is 10.2. The highest BCUT2D eigenvalue weighted by Crippen LogP contribution is 2.48. The van der Waals surface area contributed by atoms with Crippen molar-refractivity contribution in [1.29, 1.82) is 0 Å². The molecule has 0 aliphatic carbocycles. The van der Waals surface area contributed by atoms with Crippen molar-refractivity contribution < 1.29 is 14.6 Å². The van der Waals surface area contributed by atoms with Crippen LogP contribution in [0.1, 0.15) is 0 Å². The van der Waals surface area contributed by atoms with Crippen molar-refractivity contribution in [3.63, 3.8) is 0 Å². The third kappa shape index (κ3) is 1.90. The number of benzene rings is 1. The molecule has 0 saturated carbocycles. The minimum absolute atomic E-state index is 0.0577.